The molecule has 0 fully saturated rings. The molecular formula is C17H28BrN. The van der Waals surface area contributed by atoms with Gasteiger partial charge in [0.1, 0.15) is 0 Å². The molecule has 1 atom stereocenters. The Labute approximate surface area is 127 Å². The molecule has 1 aromatic rings. The van der Waals surface area contributed by atoms with E-state index >= 15 is 0 Å². The Kier molecular flexibility index (Phi) is 7.70. The summed E-state index contributed by atoms with van der Waals surface area (Å²) in [6.07, 6.45) is 4.95. The third-order valence-electron chi connectivity index (χ3n) is 3.90. The van der Waals surface area contributed by atoms with E-state index in [1.54, 1.807) is 0 Å². The van der Waals surface area contributed by atoms with E-state index in [2.05, 4.69) is 67.1 Å². The van der Waals surface area contributed by atoms with E-state index in [-0.39, 0.29) is 0 Å². The third-order valence-corrected chi connectivity index (χ3v) is 4.58. The van der Waals surface area contributed by atoms with Crippen molar-refractivity contribution in [3.63, 3.8) is 0 Å². The number of nitrogens with one attached hydrogen (secondary N) is 1. The Bertz CT molecular complexity index is 372. The van der Waals surface area contributed by atoms with Crippen LogP contribution in [0.2, 0.25) is 0 Å². The molecule has 0 spiro atoms. The number of benzene rings is 1. The van der Waals surface area contributed by atoms with Crippen LogP contribution in [0, 0.1) is 12.8 Å². The van der Waals surface area contributed by atoms with Gasteiger partial charge in [0.05, 0.1) is 0 Å². The van der Waals surface area contributed by atoms with Gasteiger partial charge >= 0.3 is 0 Å². The van der Waals surface area contributed by atoms with Gasteiger partial charge in [0.2, 0.25) is 0 Å². The zero-order valence-corrected chi connectivity index (χ0v) is 14.4. The Morgan fingerprint density at radius 3 is 2.37 bits per heavy atom. The van der Waals surface area contributed by atoms with E-state index in [0.29, 0.717) is 6.04 Å². The van der Waals surface area contributed by atoms with Crippen LogP contribution in [0.5, 0.6) is 0 Å². The van der Waals surface area contributed by atoms with Gasteiger partial charge in [-0.15, -0.1) is 0 Å². The van der Waals surface area contributed by atoms with E-state index in [0.717, 1.165) is 12.5 Å². The number of hydrogen-bond acceptors (Lipinski definition) is 1. The van der Waals surface area contributed by atoms with Crippen LogP contribution in [0.1, 0.15) is 63.6 Å². The maximum absolute atomic E-state index is 3.73. The molecule has 1 rings (SSSR count). The van der Waals surface area contributed by atoms with Gasteiger partial charge in [-0.25, -0.2) is 0 Å². The lowest BCUT2D eigenvalue weighted by atomic mass is 9.90. The summed E-state index contributed by atoms with van der Waals surface area (Å²) < 4.78 is 1.24. The predicted octanol–water partition coefficient (Wildman–Crippen LogP) is 5.62. The smallest absolute Gasteiger partial charge is 0.0334 e. The highest BCUT2D eigenvalue weighted by Gasteiger charge is 2.17. The van der Waals surface area contributed by atoms with Crippen molar-refractivity contribution in [3.8, 4) is 0 Å². The largest absolute Gasteiger partial charge is 0.310 e. The monoisotopic (exact) mass is 325 g/mol. The van der Waals surface area contributed by atoms with Crippen LogP contribution in [0.15, 0.2) is 22.7 Å². The molecule has 108 valence electrons. The first-order chi connectivity index (χ1) is 9.12. The second kappa shape index (κ2) is 8.76. The zero-order valence-electron chi connectivity index (χ0n) is 12.8. The molecule has 0 amide bonds. The molecule has 0 saturated heterocycles. The Balaban J connectivity index is 2.88. The highest BCUT2D eigenvalue weighted by atomic mass is 79.9. The molecule has 19 heavy (non-hydrogen) atoms. The quantitative estimate of drug-likeness (QED) is 0.653. The van der Waals surface area contributed by atoms with Crippen LogP contribution in [0.25, 0.3) is 0 Å². The van der Waals surface area contributed by atoms with Crippen molar-refractivity contribution in [2.75, 3.05) is 6.54 Å². The van der Waals surface area contributed by atoms with Crippen molar-refractivity contribution in [3.05, 3.63) is 33.8 Å². The first-order valence-corrected chi connectivity index (χ1v) is 8.41. The topological polar surface area (TPSA) is 12.0 Å². The molecule has 0 heterocycles. The molecule has 0 aliphatic carbocycles. The summed E-state index contributed by atoms with van der Waals surface area (Å²) in [7, 11) is 0. The normalized spacial score (nSPS) is 12.9. The van der Waals surface area contributed by atoms with Crippen LogP contribution in [0.3, 0.4) is 0 Å². The summed E-state index contributed by atoms with van der Waals surface area (Å²) in [5, 5.41) is 3.72. The second-order valence-corrected chi connectivity index (χ2v) is 6.30. The Hall–Kier alpha value is -0.340. The molecule has 2 heteroatoms. The van der Waals surface area contributed by atoms with Crippen LogP contribution >= 0.6 is 15.9 Å². The fourth-order valence-corrected chi connectivity index (χ4v) is 3.28. The first-order valence-electron chi connectivity index (χ1n) is 7.61. The Morgan fingerprint density at radius 2 is 1.84 bits per heavy atom. The van der Waals surface area contributed by atoms with Crippen molar-refractivity contribution in [2.45, 2.75) is 59.4 Å². The SMILES string of the molecule is CCCNC(CC(CC)CC)c1ccc(C)cc1Br. The summed E-state index contributed by atoms with van der Waals surface area (Å²) in [5.41, 5.74) is 2.72. The molecule has 0 aliphatic rings. The highest BCUT2D eigenvalue weighted by Crippen LogP contribution is 2.30. The molecule has 0 aromatic heterocycles. The van der Waals surface area contributed by atoms with Crippen molar-refractivity contribution in [1.29, 1.82) is 0 Å². The lowest BCUT2D eigenvalue weighted by Gasteiger charge is -2.24. The van der Waals surface area contributed by atoms with E-state index in [9.17, 15) is 0 Å². The maximum Gasteiger partial charge on any atom is 0.0334 e. The van der Waals surface area contributed by atoms with Gasteiger partial charge in [0, 0.05) is 10.5 Å². The second-order valence-electron chi connectivity index (χ2n) is 5.45. The molecular weight excluding hydrogens is 298 g/mol. The minimum absolute atomic E-state index is 0.472. The van der Waals surface area contributed by atoms with Crippen molar-refractivity contribution in [1.82, 2.24) is 5.32 Å². The van der Waals surface area contributed by atoms with Gasteiger partial charge < -0.3 is 5.32 Å². The van der Waals surface area contributed by atoms with Crippen molar-refractivity contribution >= 4 is 15.9 Å². The van der Waals surface area contributed by atoms with Crippen LogP contribution in [0.4, 0.5) is 0 Å². The van der Waals surface area contributed by atoms with Crippen LogP contribution in [-0.4, -0.2) is 6.54 Å². The van der Waals surface area contributed by atoms with E-state index in [4.69, 9.17) is 0 Å². The minimum Gasteiger partial charge on any atom is -0.310 e. The molecule has 1 aromatic carbocycles. The molecule has 1 nitrogen and oxygen atoms in total. The molecule has 1 unspecified atom stereocenters. The maximum atomic E-state index is 3.73. The number of hydrogen-bond donors (Lipinski definition) is 1. The fraction of sp³-hybridized carbons (Fsp3) is 0.647. The summed E-state index contributed by atoms with van der Waals surface area (Å²) in [6, 6.07) is 7.19. The van der Waals surface area contributed by atoms with E-state index < -0.39 is 0 Å². The molecule has 0 bridgehead atoms. The van der Waals surface area contributed by atoms with Gasteiger partial charge in [-0.2, -0.15) is 0 Å². The van der Waals surface area contributed by atoms with E-state index in [1.165, 1.54) is 41.3 Å². The molecule has 0 radical (unpaired) electrons. The van der Waals surface area contributed by atoms with Crippen LogP contribution < -0.4 is 5.32 Å². The van der Waals surface area contributed by atoms with Crippen molar-refractivity contribution in [2.24, 2.45) is 5.92 Å². The van der Waals surface area contributed by atoms with E-state index in [1.807, 2.05) is 0 Å². The summed E-state index contributed by atoms with van der Waals surface area (Å²) in [5.74, 6) is 0.808. The lowest BCUT2D eigenvalue weighted by molar-refractivity contribution is 0.370. The predicted molar refractivity (Wildman–Crippen MR) is 88.6 cm³/mol. The van der Waals surface area contributed by atoms with Gasteiger partial charge in [0.15, 0.2) is 0 Å². The van der Waals surface area contributed by atoms with Gasteiger partial charge in [-0.05, 0) is 49.4 Å². The summed E-state index contributed by atoms with van der Waals surface area (Å²) >= 11 is 3.73. The zero-order chi connectivity index (χ0) is 14.3. The summed E-state index contributed by atoms with van der Waals surface area (Å²) in [4.78, 5) is 0. The average molecular weight is 326 g/mol. The van der Waals surface area contributed by atoms with Gasteiger partial charge in [-0.3, -0.25) is 0 Å². The molecule has 0 aliphatic heterocycles. The highest BCUT2D eigenvalue weighted by molar-refractivity contribution is 9.10. The fourth-order valence-electron chi connectivity index (χ4n) is 2.51. The molecule has 0 saturated carbocycles. The van der Waals surface area contributed by atoms with Crippen LogP contribution in [-0.2, 0) is 0 Å². The average Bonchev–Trinajstić information content (AvgIpc) is 2.40. The molecule has 1 N–H and O–H groups in total. The number of halogens is 1. The first kappa shape index (κ1) is 16.7. The third kappa shape index (κ3) is 5.27. The number of aryl methyl sites for hydroxylation is 1. The number of rotatable bonds is 8. The van der Waals surface area contributed by atoms with Gasteiger partial charge in [-0.1, -0.05) is 61.7 Å². The minimum atomic E-state index is 0.472. The lowest BCUT2D eigenvalue weighted by Crippen LogP contribution is -2.24. The summed E-state index contributed by atoms with van der Waals surface area (Å²) in [6.45, 7) is 10.1. The Morgan fingerprint density at radius 1 is 1.16 bits per heavy atom. The van der Waals surface area contributed by atoms with Gasteiger partial charge in [0.25, 0.3) is 0 Å². The standard InChI is InChI=1S/C17H28BrN/c1-5-10-19-17(12-14(6-2)7-3)15-9-8-13(4)11-16(15)18/h8-9,11,14,17,19H,5-7,10,12H2,1-4H3. The van der Waals surface area contributed by atoms with Crippen molar-refractivity contribution < 1.29 is 0 Å².